The van der Waals surface area contributed by atoms with E-state index in [-0.39, 0.29) is 31.5 Å². The maximum Gasteiger partial charge on any atom is 0.360 e. The molecular formula is C15H16F2O5S. The molecule has 0 spiro atoms. The van der Waals surface area contributed by atoms with Gasteiger partial charge in [-0.1, -0.05) is 6.07 Å². The van der Waals surface area contributed by atoms with Crippen molar-refractivity contribution in [1.82, 2.24) is 0 Å². The molecule has 0 bridgehead atoms. The van der Waals surface area contributed by atoms with E-state index in [4.69, 9.17) is 0 Å². The van der Waals surface area contributed by atoms with Crippen molar-refractivity contribution in [2.24, 2.45) is 5.92 Å². The number of Topliss-reactive ketones (excluding diaryl/α,β-unsaturated/α-hetero) is 1. The SMILES string of the molecule is COC(=O)C(F)(C1CCCC(=O)C1)S(=O)(=O)c1cccc(F)c1. The Labute approximate surface area is 132 Å². The van der Waals surface area contributed by atoms with Gasteiger partial charge >= 0.3 is 11.0 Å². The molecule has 126 valence electrons. The minimum Gasteiger partial charge on any atom is -0.466 e. The van der Waals surface area contributed by atoms with E-state index in [0.717, 1.165) is 25.3 Å². The molecule has 1 aliphatic carbocycles. The zero-order chi connectivity index (χ0) is 17.3. The number of rotatable bonds is 4. The first-order chi connectivity index (χ1) is 10.7. The van der Waals surface area contributed by atoms with Gasteiger partial charge in [-0.05, 0) is 31.0 Å². The van der Waals surface area contributed by atoms with Crippen LogP contribution in [-0.4, -0.2) is 32.3 Å². The zero-order valence-corrected chi connectivity index (χ0v) is 13.2. The Morgan fingerprint density at radius 1 is 1.39 bits per heavy atom. The summed E-state index contributed by atoms with van der Waals surface area (Å²) >= 11 is 0. The number of benzene rings is 1. The van der Waals surface area contributed by atoms with E-state index < -0.39 is 37.4 Å². The second kappa shape index (κ2) is 6.35. The number of carbonyl (C=O) groups excluding carboxylic acids is 2. The fraction of sp³-hybridized carbons (Fsp3) is 0.467. The van der Waals surface area contributed by atoms with Crippen molar-refractivity contribution in [3.8, 4) is 0 Å². The van der Waals surface area contributed by atoms with Gasteiger partial charge in [0, 0.05) is 18.8 Å². The van der Waals surface area contributed by atoms with Crippen LogP contribution in [0.5, 0.6) is 0 Å². The first-order valence-corrected chi connectivity index (χ1v) is 8.51. The average Bonchev–Trinajstić information content (AvgIpc) is 2.53. The van der Waals surface area contributed by atoms with E-state index in [1.807, 2.05) is 0 Å². The number of hydrogen-bond donors (Lipinski definition) is 0. The smallest absolute Gasteiger partial charge is 0.360 e. The van der Waals surface area contributed by atoms with Gasteiger partial charge in [0.25, 0.3) is 0 Å². The van der Waals surface area contributed by atoms with Crippen LogP contribution in [0.15, 0.2) is 29.2 Å². The molecule has 23 heavy (non-hydrogen) atoms. The van der Waals surface area contributed by atoms with Crippen molar-refractivity contribution in [2.75, 3.05) is 7.11 Å². The molecule has 0 N–H and O–H groups in total. The Morgan fingerprint density at radius 2 is 2.09 bits per heavy atom. The average molecular weight is 346 g/mol. The third-order valence-corrected chi connectivity index (χ3v) is 6.13. The molecule has 1 aromatic rings. The van der Waals surface area contributed by atoms with Gasteiger partial charge in [-0.25, -0.2) is 22.0 Å². The number of ketones is 1. The second-order valence-corrected chi connectivity index (χ2v) is 7.50. The zero-order valence-electron chi connectivity index (χ0n) is 12.4. The standard InChI is InChI=1S/C15H16F2O5S/c1-22-14(19)15(17,10-4-2-6-12(18)8-10)23(20,21)13-7-3-5-11(16)9-13/h3,5,7,9-10H,2,4,6,8H2,1H3. The molecule has 8 heteroatoms. The molecule has 0 radical (unpaired) electrons. The van der Waals surface area contributed by atoms with E-state index in [0.29, 0.717) is 6.07 Å². The Hall–Kier alpha value is -1.83. The molecule has 0 aliphatic heterocycles. The number of methoxy groups -OCH3 is 1. The molecule has 0 aromatic heterocycles. The Bertz CT molecular complexity index is 731. The van der Waals surface area contributed by atoms with Crippen molar-refractivity contribution < 1.29 is 31.5 Å². The summed E-state index contributed by atoms with van der Waals surface area (Å²) in [6.07, 6.45) is 0.171. The van der Waals surface area contributed by atoms with Gasteiger partial charge in [-0.3, -0.25) is 4.79 Å². The summed E-state index contributed by atoms with van der Waals surface area (Å²) in [4.78, 5) is 22.9. The van der Waals surface area contributed by atoms with Crippen LogP contribution in [0.4, 0.5) is 8.78 Å². The Kier molecular flexibility index (Phi) is 4.84. The van der Waals surface area contributed by atoms with E-state index in [2.05, 4.69) is 4.74 Å². The number of hydrogen-bond acceptors (Lipinski definition) is 5. The van der Waals surface area contributed by atoms with Crippen LogP contribution in [0.1, 0.15) is 25.7 Å². The van der Waals surface area contributed by atoms with Gasteiger partial charge in [0.1, 0.15) is 11.6 Å². The lowest BCUT2D eigenvalue weighted by Crippen LogP contribution is -2.51. The molecule has 1 fully saturated rings. The molecule has 1 saturated carbocycles. The quantitative estimate of drug-likeness (QED) is 0.781. The fourth-order valence-corrected chi connectivity index (χ4v) is 4.59. The van der Waals surface area contributed by atoms with Crippen LogP contribution in [0.3, 0.4) is 0 Å². The van der Waals surface area contributed by atoms with Crippen molar-refractivity contribution in [1.29, 1.82) is 0 Å². The molecule has 2 atom stereocenters. The highest BCUT2D eigenvalue weighted by Gasteiger charge is 2.59. The lowest BCUT2D eigenvalue weighted by atomic mass is 9.84. The van der Waals surface area contributed by atoms with Crippen LogP contribution >= 0.6 is 0 Å². The summed E-state index contributed by atoms with van der Waals surface area (Å²) in [6, 6.07) is 3.74. The number of esters is 1. The summed E-state index contributed by atoms with van der Waals surface area (Å²) in [5.41, 5.74) is 0. The predicted molar refractivity (Wildman–Crippen MR) is 76.4 cm³/mol. The third kappa shape index (κ3) is 2.99. The number of ether oxygens (including phenoxy) is 1. The highest BCUT2D eigenvalue weighted by Crippen LogP contribution is 2.42. The highest BCUT2D eigenvalue weighted by atomic mass is 32.2. The Balaban J connectivity index is 2.57. The van der Waals surface area contributed by atoms with Gasteiger partial charge in [0.2, 0.25) is 9.84 Å². The van der Waals surface area contributed by atoms with Crippen molar-refractivity contribution in [3.63, 3.8) is 0 Å². The van der Waals surface area contributed by atoms with Gasteiger partial charge in [0.15, 0.2) is 0 Å². The molecule has 0 heterocycles. The summed E-state index contributed by atoms with van der Waals surface area (Å²) < 4.78 is 58.5. The van der Waals surface area contributed by atoms with Gasteiger partial charge < -0.3 is 4.74 Å². The predicted octanol–water partition coefficient (Wildman–Crippen LogP) is 2.20. The second-order valence-electron chi connectivity index (χ2n) is 5.43. The fourth-order valence-electron chi connectivity index (χ4n) is 2.78. The molecule has 0 saturated heterocycles. The largest absolute Gasteiger partial charge is 0.466 e. The van der Waals surface area contributed by atoms with Crippen LogP contribution in [-0.2, 0) is 24.2 Å². The topological polar surface area (TPSA) is 77.5 Å². The van der Waals surface area contributed by atoms with Crippen molar-refractivity contribution >= 4 is 21.6 Å². The first-order valence-electron chi connectivity index (χ1n) is 7.02. The first kappa shape index (κ1) is 17.5. The molecule has 1 aromatic carbocycles. The van der Waals surface area contributed by atoms with Crippen LogP contribution in [0, 0.1) is 11.7 Å². The molecule has 1 aliphatic rings. The molecule has 5 nitrogen and oxygen atoms in total. The molecule has 2 rings (SSSR count). The lowest BCUT2D eigenvalue weighted by molar-refractivity contribution is -0.152. The van der Waals surface area contributed by atoms with Crippen LogP contribution < -0.4 is 0 Å². The maximum absolute atomic E-state index is 15.5. The summed E-state index contributed by atoms with van der Waals surface area (Å²) in [5, 5.41) is -3.42. The number of alkyl halides is 1. The minimum atomic E-state index is -4.89. The number of halogens is 2. The van der Waals surface area contributed by atoms with E-state index >= 15 is 4.39 Å². The summed E-state index contributed by atoms with van der Waals surface area (Å²) in [7, 11) is -4.03. The summed E-state index contributed by atoms with van der Waals surface area (Å²) in [5.74, 6) is -4.15. The van der Waals surface area contributed by atoms with Crippen molar-refractivity contribution in [3.05, 3.63) is 30.1 Å². The monoisotopic (exact) mass is 346 g/mol. The van der Waals surface area contributed by atoms with Gasteiger partial charge in [0.05, 0.1) is 12.0 Å². The molecule has 0 amide bonds. The van der Waals surface area contributed by atoms with E-state index in [1.165, 1.54) is 0 Å². The van der Waals surface area contributed by atoms with E-state index in [1.54, 1.807) is 0 Å². The maximum atomic E-state index is 15.5. The van der Waals surface area contributed by atoms with Crippen molar-refractivity contribution in [2.45, 2.75) is 35.6 Å². The Morgan fingerprint density at radius 3 is 2.65 bits per heavy atom. The number of sulfone groups is 1. The molecular weight excluding hydrogens is 330 g/mol. The van der Waals surface area contributed by atoms with Crippen LogP contribution in [0.25, 0.3) is 0 Å². The highest BCUT2D eigenvalue weighted by molar-refractivity contribution is 7.93. The third-order valence-electron chi connectivity index (χ3n) is 3.97. The lowest BCUT2D eigenvalue weighted by Gasteiger charge is -2.32. The summed E-state index contributed by atoms with van der Waals surface area (Å²) in [6.45, 7) is 0. The number of carbonyl (C=O) groups is 2. The molecule has 2 unspecified atom stereocenters. The van der Waals surface area contributed by atoms with Gasteiger partial charge in [-0.15, -0.1) is 0 Å². The normalized spacial score (nSPS) is 21.5. The van der Waals surface area contributed by atoms with Crippen LogP contribution in [0.2, 0.25) is 0 Å². The van der Waals surface area contributed by atoms with E-state index in [9.17, 15) is 22.4 Å². The van der Waals surface area contributed by atoms with Gasteiger partial charge in [-0.2, -0.15) is 0 Å². The minimum absolute atomic E-state index is 0.0475.